The zero-order chi connectivity index (χ0) is 27.5. The van der Waals surface area contributed by atoms with Crippen molar-refractivity contribution in [3.63, 3.8) is 0 Å². The van der Waals surface area contributed by atoms with Crippen molar-refractivity contribution >= 4 is 66.3 Å². The number of aromatic hydroxyl groups is 1. The number of hydrogen-bond donors (Lipinski definition) is 8. The summed E-state index contributed by atoms with van der Waals surface area (Å²) in [6.45, 7) is 1.16. The maximum Gasteiger partial charge on any atom is 0.296 e. The molecule has 0 bridgehead atoms. The number of nitrogens with zero attached hydrogens (tertiary/aromatic N) is 4. The van der Waals surface area contributed by atoms with E-state index in [4.69, 9.17) is 11.5 Å². The van der Waals surface area contributed by atoms with Crippen molar-refractivity contribution < 1.29 is 35.8 Å². The van der Waals surface area contributed by atoms with Crippen molar-refractivity contribution in [3.8, 4) is 5.88 Å². The van der Waals surface area contributed by atoms with E-state index in [2.05, 4.69) is 36.4 Å². The quantitative estimate of drug-likeness (QED) is 0.112. The van der Waals surface area contributed by atoms with Gasteiger partial charge < -0.3 is 27.3 Å². The average molecular weight is 554 g/mol. The van der Waals surface area contributed by atoms with Crippen molar-refractivity contribution in [2.45, 2.75) is 16.7 Å². The van der Waals surface area contributed by atoms with Crippen LogP contribution in [0.3, 0.4) is 0 Å². The number of benzene rings is 2. The molecule has 19 heteroatoms. The van der Waals surface area contributed by atoms with Crippen molar-refractivity contribution in [1.82, 2.24) is 9.97 Å². The summed E-state index contributed by atoms with van der Waals surface area (Å²) >= 11 is 0. The summed E-state index contributed by atoms with van der Waals surface area (Å²) in [6, 6.07) is 6.85. The molecule has 3 aromatic rings. The molecular weight excluding hydrogens is 534 g/mol. The zero-order valence-electron chi connectivity index (χ0n) is 18.6. The van der Waals surface area contributed by atoms with Crippen molar-refractivity contribution in [3.05, 3.63) is 36.4 Å². The number of nitrogens with two attached hydrogens (primary N) is 2. The van der Waals surface area contributed by atoms with E-state index in [1.54, 1.807) is 0 Å². The van der Waals surface area contributed by atoms with Crippen LogP contribution in [-0.4, -0.2) is 46.9 Å². The number of carbonyl (C=O) groups is 1. The Balaban J connectivity index is 2.07. The predicted octanol–water partition coefficient (Wildman–Crippen LogP) is 1.65. The smallest absolute Gasteiger partial charge is 0.296 e. The summed E-state index contributed by atoms with van der Waals surface area (Å²) in [6.07, 6.45) is 0. The van der Waals surface area contributed by atoms with Gasteiger partial charge in [-0.3, -0.25) is 19.3 Å². The third-order valence-corrected chi connectivity index (χ3v) is 6.06. The molecule has 1 heterocycles. The number of hydrazine groups is 1. The summed E-state index contributed by atoms with van der Waals surface area (Å²) < 4.78 is 65.8. The van der Waals surface area contributed by atoms with Crippen LogP contribution in [0, 0.1) is 0 Å². The molecule has 0 aliphatic rings. The maximum atomic E-state index is 12.1. The predicted molar refractivity (Wildman–Crippen MR) is 131 cm³/mol. The number of hydrogen-bond acceptors (Lipinski definition) is 14. The van der Waals surface area contributed by atoms with Gasteiger partial charge in [-0.05, 0) is 30.3 Å². The number of azo groups is 1. The average Bonchev–Trinajstić information content (AvgIpc) is 2.76. The van der Waals surface area contributed by atoms with E-state index in [1.165, 1.54) is 12.1 Å². The molecule has 0 aliphatic carbocycles. The monoisotopic (exact) mass is 553 g/mol. The molecule has 0 radical (unpaired) electrons. The van der Waals surface area contributed by atoms with E-state index in [9.17, 15) is 35.8 Å². The minimum absolute atomic E-state index is 0.0574. The fourth-order valence-electron chi connectivity index (χ4n) is 2.80. The van der Waals surface area contributed by atoms with Crippen LogP contribution in [0.4, 0.5) is 40.2 Å². The fourth-order valence-corrected chi connectivity index (χ4v) is 3.96. The number of anilines is 5. The van der Waals surface area contributed by atoms with Crippen LogP contribution in [0.2, 0.25) is 0 Å². The molecule has 0 saturated heterocycles. The van der Waals surface area contributed by atoms with Crippen LogP contribution in [0.5, 0.6) is 5.88 Å². The van der Waals surface area contributed by atoms with Gasteiger partial charge in [0.05, 0.1) is 22.0 Å². The summed E-state index contributed by atoms with van der Waals surface area (Å²) in [4.78, 5) is 17.6. The zero-order valence-corrected chi connectivity index (χ0v) is 20.2. The number of aromatic nitrogens is 2. The number of nitrogens with one attached hydrogen (secondary N) is 3. The first-order chi connectivity index (χ1) is 17.1. The highest BCUT2D eigenvalue weighted by molar-refractivity contribution is 7.86. The SMILES string of the molecule is CC(=O)Nc1cc(/N=N/c2c(N)nc(N)nc2O)c(S(=O)(=O)O)cc1NNc1cccc(S(=O)(=O)O)c1. The first-order valence-electron chi connectivity index (χ1n) is 9.71. The molecule has 0 aliphatic heterocycles. The van der Waals surface area contributed by atoms with E-state index < -0.39 is 53.2 Å². The highest BCUT2D eigenvalue weighted by Gasteiger charge is 2.21. The molecule has 10 N–H and O–H groups in total. The van der Waals surface area contributed by atoms with Gasteiger partial charge in [-0.15, -0.1) is 10.2 Å². The summed E-state index contributed by atoms with van der Waals surface area (Å²) in [7, 11) is -9.44. The largest absolute Gasteiger partial charge is 0.492 e. The number of rotatable bonds is 8. The lowest BCUT2D eigenvalue weighted by Crippen LogP contribution is -2.14. The normalized spacial score (nSPS) is 11.9. The van der Waals surface area contributed by atoms with E-state index in [0.29, 0.717) is 0 Å². The Hall–Kier alpha value is -4.59. The van der Waals surface area contributed by atoms with Crippen molar-refractivity contribution in [1.29, 1.82) is 0 Å². The first-order valence-corrected chi connectivity index (χ1v) is 12.6. The molecule has 3 rings (SSSR count). The topological polar surface area (TPSA) is 285 Å². The second kappa shape index (κ2) is 10.2. The highest BCUT2D eigenvalue weighted by atomic mass is 32.2. The van der Waals surface area contributed by atoms with Gasteiger partial charge in [0.2, 0.25) is 17.7 Å². The fraction of sp³-hybridized carbons (Fsp3) is 0.0556. The summed E-state index contributed by atoms with van der Waals surface area (Å²) in [5, 5.41) is 19.6. The molecular formula is C18H19N9O8S2. The molecule has 2 aromatic carbocycles. The van der Waals surface area contributed by atoms with Crippen molar-refractivity contribution in [2.24, 2.45) is 10.2 Å². The molecule has 196 valence electrons. The molecule has 0 saturated carbocycles. The summed E-state index contributed by atoms with van der Waals surface area (Å²) in [5.74, 6) is -2.06. The molecule has 0 fully saturated rings. The van der Waals surface area contributed by atoms with Gasteiger partial charge in [-0.25, -0.2) is 0 Å². The van der Waals surface area contributed by atoms with Crippen molar-refractivity contribution in [2.75, 3.05) is 27.6 Å². The molecule has 0 spiro atoms. The van der Waals surface area contributed by atoms with Gasteiger partial charge in [0.25, 0.3) is 20.2 Å². The van der Waals surface area contributed by atoms with Gasteiger partial charge in [0.15, 0.2) is 11.5 Å². The third kappa shape index (κ3) is 6.76. The standard InChI is InChI=1S/C18H19N9O8S2/c1-8(28)21-11-6-13(26-27-15-16(19)22-18(20)23-17(15)29)14(37(33,34)35)7-12(11)25-24-9-3-2-4-10(5-9)36(30,31)32/h2-7,24-25H,1H3,(H,21,28)(H,30,31,32)(H,33,34,35)(H5,19,20,22,23,29)/b27-26+. The van der Waals surface area contributed by atoms with Crippen LogP contribution in [-0.2, 0) is 25.0 Å². The van der Waals surface area contributed by atoms with Crippen LogP contribution in [0.15, 0.2) is 56.4 Å². The minimum Gasteiger partial charge on any atom is -0.492 e. The lowest BCUT2D eigenvalue weighted by molar-refractivity contribution is -0.114. The molecule has 17 nitrogen and oxygen atoms in total. The lowest BCUT2D eigenvalue weighted by atomic mass is 10.2. The number of amides is 1. The molecule has 0 atom stereocenters. The third-order valence-electron chi connectivity index (χ3n) is 4.33. The van der Waals surface area contributed by atoms with Crippen LogP contribution in [0.25, 0.3) is 0 Å². The van der Waals surface area contributed by atoms with E-state index in [0.717, 1.165) is 31.2 Å². The Morgan fingerprint density at radius 1 is 0.946 bits per heavy atom. The lowest BCUT2D eigenvalue weighted by Gasteiger charge is -2.16. The van der Waals surface area contributed by atoms with Gasteiger partial charge >= 0.3 is 0 Å². The minimum atomic E-state index is -4.93. The number of carbonyl (C=O) groups excluding carboxylic acids is 1. The van der Waals surface area contributed by atoms with Crippen LogP contribution >= 0.6 is 0 Å². The molecule has 37 heavy (non-hydrogen) atoms. The Morgan fingerprint density at radius 3 is 2.24 bits per heavy atom. The highest BCUT2D eigenvalue weighted by Crippen LogP contribution is 2.37. The van der Waals surface area contributed by atoms with Crippen LogP contribution in [0.1, 0.15) is 6.92 Å². The maximum absolute atomic E-state index is 12.1. The van der Waals surface area contributed by atoms with Gasteiger partial charge in [0.1, 0.15) is 10.6 Å². The summed E-state index contributed by atoms with van der Waals surface area (Å²) in [5.41, 5.74) is 15.1. The van der Waals surface area contributed by atoms with Gasteiger partial charge in [-0.1, -0.05) is 6.07 Å². The second-order valence-electron chi connectivity index (χ2n) is 7.11. The Morgan fingerprint density at radius 2 is 1.65 bits per heavy atom. The Labute approximate surface area is 209 Å². The first kappa shape index (κ1) is 27.0. The van der Waals surface area contributed by atoms with Gasteiger partial charge in [0, 0.05) is 6.92 Å². The Bertz CT molecular complexity index is 1600. The van der Waals surface area contributed by atoms with E-state index >= 15 is 0 Å². The molecule has 1 amide bonds. The van der Waals surface area contributed by atoms with E-state index in [-0.39, 0.29) is 28.8 Å². The number of nitrogen functional groups attached to an aromatic ring is 2. The van der Waals surface area contributed by atoms with Crippen LogP contribution < -0.4 is 27.6 Å². The second-order valence-corrected chi connectivity index (χ2v) is 9.93. The van der Waals surface area contributed by atoms with E-state index in [1.807, 2.05) is 0 Å². The molecule has 0 unspecified atom stereocenters. The molecule has 1 aromatic heterocycles. The Kier molecular flexibility index (Phi) is 7.43. The van der Waals surface area contributed by atoms with Gasteiger partial charge in [-0.2, -0.15) is 26.8 Å².